The number of halogens is 1. The number of nitrogens with zero attached hydrogens (tertiary/aromatic N) is 1. The lowest BCUT2D eigenvalue weighted by Gasteiger charge is -2.12. The molecule has 6 nitrogen and oxygen atoms in total. The van der Waals surface area contributed by atoms with Gasteiger partial charge in [0.1, 0.15) is 11.9 Å². The summed E-state index contributed by atoms with van der Waals surface area (Å²) in [6.07, 6.45) is 2.69. The smallest absolute Gasteiger partial charge is 0.326 e. The summed E-state index contributed by atoms with van der Waals surface area (Å²) in [6.45, 7) is 1.85. The molecule has 0 spiro atoms. The van der Waals surface area contributed by atoms with Crippen LogP contribution in [0.2, 0.25) is 0 Å². The van der Waals surface area contributed by atoms with Gasteiger partial charge in [-0.2, -0.15) is 0 Å². The molecule has 1 heterocycles. The van der Waals surface area contributed by atoms with Crippen LogP contribution in [0.25, 0.3) is 11.3 Å². The van der Waals surface area contributed by atoms with Crippen molar-refractivity contribution in [3.05, 3.63) is 42.2 Å². The third-order valence-electron chi connectivity index (χ3n) is 3.47. The molecule has 7 heteroatoms. The van der Waals surface area contributed by atoms with E-state index < -0.39 is 17.8 Å². The number of hydrogen-bond donors (Lipinski definition) is 2. The van der Waals surface area contributed by atoms with Crippen LogP contribution in [-0.2, 0) is 16.0 Å². The average molecular weight is 334 g/mol. The lowest BCUT2D eigenvalue weighted by Crippen LogP contribution is -2.40. The Labute approximate surface area is 138 Å². The van der Waals surface area contributed by atoms with E-state index in [1.54, 1.807) is 18.2 Å². The Morgan fingerprint density at radius 1 is 1.38 bits per heavy atom. The molecule has 24 heavy (non-hydrogen) atoms. The molecule has 1 amide bonds. The van der Waals surface area contributed by atoms with Gasteiger partial charge < -0.3 is 14.8 Å². The zero-order valence-corrected chi connectivity index (χ0v) is 13.3. The minimum atomic E-state index is -1.05. The number of carboxylic acid groups (broad SMARTS) is 1. The van der Waals surface area contributed by atoms with Crippen molar-refractivity contribution in [1.82, 2.24) is 10.3 Å². The number of rotatable bonds is 8. The molecular weight excluding hydrogens is 315 g/mol. The number of nitrogens with one attached hydrogen (secondary N) is 1. The number of hydrogen-bond acceptors (Lipinski definition) is 4. The Hall–Kier alpha value is -2.70. The maximum absolute atomic E-state index is 13.7. The van der Waals surface area contributed by atoms with E-state index in [1.165, 1.54) is 12.3 Å². The van der Waals surface area contributed by atoms with Crippen LogP contribution >= 0.6 is 0 Å². The summed E-state index contributed by atoms with van der Waals surface area (Å²) in [5.74, 6) is -1.27. The zero-order valence-electron chi connectivity index (χ0n) is 13.3. The van der Waals surface area contributed by atoms with Gasteiger partial charge in [-0.1, -0.05) is 25.5 Å². The summed E-state index contributed by atoms with van der Waals surface area (Å²) in [6, 6.07) is 5.28. The van der Waals surface area contributed by atoms with Crippen LogP contribution in [0.1, 0.15) is 32.1 Å². The van der Waals surface area contributed by atoms with E-state index in [9.17, 15) is 14.0 Å². The predicted octanol–water partition coefficient (Wildman–Crippen LogP) is 2.78. The SMILES string of the molecule is CCCC(NC(=O)CCc1ncc(-c2ccccc2F)o1)C(=O)O. The van der Waals surface area contributed by atoms with Crippen molar-refractivity contribution in [2.75, 3.05) is 0 Å². The second-order valence-electron chi connectivity index (χ2n) is 5.35. The van der Waals surface area contributed by atoms with Crippen LogP contribution < -0.4 is 5.32 Å². The number of aromatic nitrogens is 1. The highest BCUT2D eigenvalue weighted by atomic mass is 19.1. The van der Waals surface area contributed by atoms with E-state index in [2.05, 4.69) is 10.3 Å². The number of aryl methyl sites for hydroxylation is 1. The van der Waals surface area contributed by atoms with Crippen LogP contribution in [0.3, 0.4) is 0 Å². The molecule has 1 aromatic carbocycles. The lowest BCUT2D eigenvalue weighted by atomic mass is 10.1. The quantitative estimate of drug-likeness (QED) is 0.774. The first kappa shape index (κ1) is 17.7. The van der Waals surface area contributed by atoms with E-state index in [-0.39, 0.29) is 24.5 Å². The number of oxazole rings is 1. The van der Waals surface area contributed by atoms with Crippen molar-refractivity contribution in [3.8, 4) is 11.3 Å². The first-order valence-electron chi connectivity index (χ1n) is 7.73. The molecule has 0 saturated carbocycles. The maximum Gasteiger partial charge on any atom is 0.326 e. The maximum atomic E-state index is 13.7. The van der Waals surface area contributed by atoms with Gasteiger partial charge in [0.25, 0.3) is 0 Å². The highest BCUT2D eigenvalue weighted by Gasteiger charge is 2.19. The number of benzene rings is 1. The van der Waals surface area contributed by atoms with Gasteiger partial charge in [0.2, 0.25) is 5.91 Å². The molecule has 128 valence electrons. The van der Waals surface area contributed by atoms with Crippen molar-refractivity contribution in [1.29, 1.82) is 0 Å². The van der Waals surface area contributed by atoms with Gasteiger partial charge >= 0.3 is 5.97 Å². The van der Waals surface area contributed by atoms with E-state index in [0.717, 1.165) is 0 Å². The van der Waals surface area contributed by atoms with Gasteiger partial charge in [0.15, 0.2) is 11.7 Å². The van der Waals surface area contributed by atoms with Crippen molar-refractivity contribution in [2.45, 2.75) is 38.6 Å². The van der Waals surface area contributed by atoms with E-state index in [4.69, 9.17) is 9.52 Å². The van der Waals surface area contributed by atoms with Crippen LogP contribution in [0.4, 0.5) is 4.39 Å². The Morgan fingerprint density at radius 3 is 2.79 bits per heavy atom. The second-order valence-corrected chi connectivity index (χ2v) is 5.35. The fourth-order valence-electron chi connectivity index (χ4n) is 2.24. The van der Waals surface area contributed by atoms with Gasteiger partial charge in [0, 0.05) is 12.8 Å². The average Bonchev–Trinajstić information content (AvgIpc) is 3.01. The Balaban J connectivity index is 1.92. The van der Waals surface area contributed by atoms with E-state index in [0.29, 0.717) is 24.3 Å². The topological polar surface area (TPSA) is 92.4 Å². The highest BCUT2D eigenvalue weighted by Crippen LogP contribution is 2.23. The molecule has 1 atom stereocenters. The van der Waals surface area contributed by atoms with Crippen molar-refractivity contribution in [2.24, 2.45) is 0 Å². The molecule has 0 saturated heterocycles. The molecule has 2 aromatic rings. The standard InChI is InChI=1S/C17H19FN2O4/c1-2-5-13(17(22)23)20-15(21)8-9-16-19-10-14(24-16)11-6-3-4-7-12(11)18/h3-4,6-7,10,13H,2,5,8-9H2,1H3,(H,20,21)(H,22,23). The van der Waals surface area contributed by atoms with Crippen molar-refractivity contribution in [3.63, 3.8) is 0 Å². The molecule has 0 aliphatic carbocycles. The van der Waals surface area contributed by atoms with Crippen molar-refractivity contribution < 1.29 is 23.5 Å². The van der Waals surface area contributed by atoms with Gasteiger partial charge in [-0.05, 0) is 18.6 Å². The molecule has 0 aliphatic heterocycles. The fraction of sp³-hybridized carbons (Fsp3) is 0.353. The Bertz CT molecular complexity index is 714. The predicted molar refractivity (Wildman–Crippen MR) is 84.7 cm³/mol. The fourth-order valence-corrected chi connectivity index (χ4v) is 2.24. The third kappa shape index (κ3) is 4.65. The van der Waals surface area contributed by atoms with E-state index >= 15 is 0 Å². The molecule has 1 unspecified atom stereocenters. The highest BCUT2D eigenvalue weighted by molar-refractivity contribution is 5.83. The summed E-state index contributed by atoms with van der Waals surface area (Å²) in [7, 11) is 0. The largest absolute Gasteiger partial charge is 0.480 e. The van der Waals surface area contributed by atoms with Gasteiger partial charge in [-0.25, -0.2) is 14.2 Å². The number of carboxylic acids is 1. The number of carbonyl (C=O) groups is 2. The molecule has 2 rings (SSSR count). The van der Waals surface area contributed by atoms with Gasteiger partial charge in [-0.3, -0.25) is 4.79 Å². The monoisotopic (exact) mass is 334 g/mol. The zero-order chi connectivity index (χ0) is 17.5. The molecule has 1 aromatic heterocycles. The molecule has 0 fully saturated rings. The summed E-state index contributed by atoms with van der Waals surface area (Å²) in [4.78, 5) is 26.9. The van der Waals surface area contributed by atoms with Crippen LogP contribution in [-0.4, -0.2) is 28.0 Å². The second kappa shape index (κ2) is 8.24. The van der Waals surface area contributed by atoms with Crippen molar-refractivity contribution >= 4 is 11.9 Å². The van der Waals surface area contributed by atoms with Crippen LogP contribution in [0.15, 0.2) is 34.9 Å². The normalized spacial score (nSPS) is 11.9. The minimum Gasteiger partial charge on any atom is -0.480 e. The van der Waals surface area contributed by atoms with Gasteiger partial charge in [0.05, 0.1) is 11.8 Å². The van der Waals surface area contributed by atoms with Crippen LogP contribution in [0.5, 0.6) is 0 Å². The third-order valence-corrected chi connectivity index (χ3v) is 3.47. The molecule has 0 aliphatic rings. The molecule has 2 N–H and O–H groups in total. The van der Waals surface area contributed by atoms with Crippen LogP contribution in [0, 0.1) is 5.82 Å². The van der Waals surface area contributed by atoms with Gasteiger partial charge in [-0.15, -0.1) is 0 Å². The summed E-state index contributed by atoms with van der Waals surface area (Å²) >= 11 is 0. The molecule has 0 bridgehead atoms. The summed E-state index contributed by atoms with van der Waals surface area (Å²) < 4.78 is 19.1. The molecular formula is C17H19FN2O4. The number of carbonyl (C=O) groups excluding carboxylic acids is 1. The minimum absolute atomic E-state index is 0.0463. The Kier molecular flexibility index (Phi) is 6.06. The molecule has 0 radical (unpaired) electrons. The lowest BCUT2D eigenvalue weighted by molar-refractivity contribution is -0.142. The summed E-state index contributed by atoms with van der Waals surface area (Å²) in [5.41, 5.74) is 0.301. The summed E-state index contributed by atoms with van der Waals surface area (Å²) in [5, 5.41) is 11.5. The van der Waals surface area contributed by atoms with E-state index in [1.807, 2.05) is 6.92 Å². The first-order valence-corrected chi connectivity index (χ1v) is 7.73. The number of aliphatic carboxylic acids is 1. The number of amides is 1. The Morgan fingerprint density at radius 2 is 2.12 bits per heavy atom. The first-order chi connectivity index (χ1) is 11.5.